The van der Waals surface area contributed by atoms with Crippen LogP contribution in [0.15, 0.2) is 60.3 Å². The number of rotatable bonds is 5. The lowest BCUT2D eigenvalue weighted by Gasteiger charge is -2.07. The first-order valence-electron chi connectivity index (χ1n) is 9.29. The van der Waals surface area contributed by atoms with Crippen molar-refractivity contribution in [3.05, 3.63) is 60.8 Å². The number of nitrogens with one attached hydrogen (secondary N) is 1. The van der Waals surface area contributed by atoms with Crippen LogP contribution in [0.25, 0.3) is 28.1 Å². The number of aromatic nitrogens is 7. The van der Waals surface area contributed by atoms with Crippen molar-refractivity contribution in [1.29, 1.82) is 0 Å². The van der Waals surface area contributed by atoms with Crippen LogP contribution < -0.4 is 0 Å². The summed E-state index contributed by atoms with van der Waals surface area (Å²) >= 11 is 1.68. The van der Waals surface area contributed by atoms with E-state index >= 15 is 0 Å². The minimum absolute atomic E-state index is 0.490. The van der Waals surface area contributed by atoms with Gasteiger partial charge in [-0.3, -0.25) is 8.97 Å². The third-order valence-corrected chi connectivity index (χ3v) is 6.02. The summed E-state index contributed by atoms with van der Waals surface area (Å²) in [5.74, 6) is 2.41. The molecule has 7 nitrogen and oxygen atoms in total. The Morgan fingerprint density at radius 2 is 2.07 bits per heavy atom. The maximum absolute atomic E-state index is 4.58. The average Bonchev–Trinajstić information content (AvgIpc) is 3.16. The number of hydrogen-bond acceptors (Lipinski definition) is 5. The molecule has 138 valence electrons. The molecule has 0 amide bonds. The lowest BCUT2D eigenvalue weighted by atomic mass is 10.1. The molecule has 0 radical (unpaired) electrons. The third kappa shape index (κ3) is 2.60. The predicted octanol–water partition coefficient (Wildman–Crippen LogP) is 4.10. The number of fused-ring (bicyclic) bond motifs is 2. The molecule has 1 aliphatic rings. The number of benzene rings is 1. The van der Waals surface area contributed by atoms with Gasteiger partial charge in [0.1, 0.15) is 0 Å². The first-order chi connectivity index (χ1) is 13.9. The van der Waals surface area contributed by atoms with Gasteiger partial charge in [0.2, 0.25) is 5.78 Å². The number of para-hydroxylation sites is 1. The molecule has 28 heavy (non-hydrogen) atoms. The van der Waals surface area contributed by atoms with Gasteiger partial charge in [-0.2, -0.15) is 0 Å². The molecule has 1 aromatic carbocycles. The van der Waals surface area contributed by atoms with Crippen LogP contribution in [0.1, 0.15) is 24.6 Å². The zero-order chi connectivity index (χ0) is 18.5. The molecule has 1 aliphatic carbocycles. The van der Waals surface area contributed by atoms with Gasteiger partial charge in [0, 0.05) is 53.0 Å². The first-order valence-corrected chi connectivity index (χ1v) is 10.3. The minimum atomic E-state index is 0.490. The molecular formula is C20H17N7S. The topological polar surface area (TPSA) is 76.7 Å². The molecule has 0 bridgehead atoms. The Bertz CT molecular complexity index is 1260. The van der Waals surface area contributed by atoms with E-state index in [4.69, 9.17) is 0 Å². The fourth-order valence-corrected chi connectivity index (χ4v) is 4.45. The van der Waals surface area contributed by atoms with Gasteiger partial charge in [-0.1, -0.05) is 30.0 Å². The van der Waals surface area contributed by atoms with Gasteiger partial charge in [-0.25, -0.2) is 9.97 Å². The molecule has 4 heterocycles. The van der Waals surface area contributed by atoms with E-state index in [-0.39, 0.29) is 0 Å². The minimum Gasteiger partial charge on any atom is -0.360 e. The highest BCUT2D eigenvalue weighted by Gasteiger charge is 2.31. The van der Waals surface area contributed by atoms with Crippen LogP contribution in [0, 0.1) is 0 Å². The second kappa shape index (κ2) is 6.20. The van der Waals surface area contributed by atoms with Gasteiger partial charge in [-0.15, -0.1) is 10.2 Å². The summed E-state index contributed by atoms with van der Waals surface area (Å²) in [6.07, 6.45) is 10.1. The number of aromatic amines is 1. The molecule has 0 aliphatic heterocycles. The lowest BCUT2D eigenvalue weighted by Crippen LogP contribution is -1.99. The van der Waals surface area contributed by atoms with Crippen LogP contribution in [0.5, 0.6) is 0 Å². The maximum Gasteiger partial charge on any atom is 0.233 e. The smallest absolute Gasteiger partial charge is 0.233 e. The van der Waals surface area contributed by atoms with Gasteiger partial charge in [-0.05, 0) is 25.0 Å². The predicted molar refractivity (Wildman–Crippen MR) is 108 cm³/mol. The molecule has 0 spiro atoms. The van der Waals surface area contributed by atoms with E-state index in [1.807, 2.05) is 35.1 Å². The summed E-state index contributed by atoms with van der Waals surface area (Å²) in [5, 5.41) is 11.2. The molecule has 0 atom stereocenters. The van der Waals surface area contributed by atoms with Crippen molar-refractivity contribution in [3.8, 4) is 11.4 Å². The zero-order valence-electron chi connectivity index (χ0n) is 15.0. The SMILES string of the molecule is c1ccc2c(-c3nnc(SCc4cn5cccnc5n4)n3C3CC3)c[nH]c2c1. The number of hydrogen-bond donors (Lipinski definition) is 1. The Labute approximate surface area is 164 Å². The largest absolute Gasteiger partial charge is 0.360 e. The van der Waals surface area contributed by atoms with Crippen molar-refractivity contribution in [1.82, 2.24) is 34.1 Å². The van der Waals surface area contributed by atoms with Crippen LogP contribution in [0.4, 0.5) is 0 Å². The summed E-state index contributed by atoms with van der Waals surface area (Å²) in [6.45, 7) is 0. The highest BCUT2D eigenvalue weighted by atomic mass is 32.2. The maximum atomic E-state index is 4.58. The second-order valence-corrected chi connectivity index (χ2v) is 7.95. The summed E-state index contributed by atoms with van der Waals surface area (Å²) in [5.41, 5.74) is 3.22. The first kappa shape index (κ1) is 15.9. The van der Waals surface area contributed by atoms with E-state index in [1.165, 1.54) is 18.2 Å². The molecule has 0 unspecified atom stereocenters. The second-order valence-electron chi connectivity index (χ2n) is 7.00. The van der Waals surface area contributed by atoms with Gasteiger partial charge in [0.25, 0.3) is 0 Å². The van der Waals surface area contributed by atoms with Crippen LogP contribution in [0.3, 0.4) is 0 Å². The molecule has 8 heteroatoms. The molecule has 5 aromatic rings. The summed E-state index contributed by atoms with van der Waals surface area (Å²) in [6, 6.07) is 10.7. The monoisotopic (exact) mass is 387 g/mol. The van der Waals surface area contributed by atoms with Gasteiger partial charge in [0.05, 0.1) is 5.69 Å². The molecule has 1 N–H and O–H groups in total. The van der Waals surface area contributed by atoms with Crippen molar-refractivity contribution in [2.24, 2.45) is 0 Å². The van der Waals surface area contributed by atoms with Crippen molar-refractivity contribution in [3.63, 3.8) is 0 Å². The average molecular weight is 387 g/mol. The summed E-state index contributed by atoms with van der Waals surface area (Å²) < 4.78 is 4.24. The summed E-state index contributed by atoms with van der Waals surface area (Å²) in [4.78, 5) is 12.2. The fraction of sp³-hybridized carbons (Fsp3) is 0.200. The van der Waals surface area contributed by atoms with Gasteiger partial charge < -0.3 is 4.98 Å². The zero-order valence-corrected chi connectivity index (χ0v) is 15.8. The molecule has 6 rings (SSSR count). The Balaban J connectivity index is 1.35. The molecule has 1 saturated carbocycles. The molecule has 4 aromatic heterocycles. The van der Waals surface area contributed by atoms with Crippen LogP contribution >= 0.6 is 11.8 Å². The third-order valence-electron chi connectivity index (χ3n) is 5.04. The highest BCUT2D eigenvalue weighted by Crippen LogP contribution is 2.42. The molecule has 1 fully saturated rings. The van der Waals surface area contributed by atoms with E-state index < -0.39 is 0 Å². The van der Waals surface area contributed by atoms with Crippen molar-refractivity contribution < 1.29 is 0 Å². The van der Waals surface area contributed by atoms with Crippen molar-refractivity contribution >= 4 is 28.4 Å². The Hall–Kier alpha value is -3.13. The summed E-state index contributed by atoms with van der Waals surface area (Å²) in [7, 11) is 0. The molecule has 0 saturated heterocycles. The quantitative estimate of drug-likeness (QED) is 0.460. The van der Waals surface area contributed by atoms with E-state index in [2.05, 4.69) is 47.9 Å². The number of nitrogens with zero attached hydrogens (tertiary/aromatic N) is 6. The number of imidazole rings is 1. The standard InChI is InChI=1S/C20H17N7S/c1-2-5-17-15(4-1)16(10-22-17)18-24-25-20(27(18)14-6-7-14)28-12-13-11-26-9-3-8-21-19(26)23-13/h1-5,8-11,14,22H,6-7,12H2. The number of thioether (sulfide) groups is 1. The van der Waals surface area contributed by atoms with Crippen molar-refractivity contribution in [2.75, 3.05) is 0 Å². The molecular weight excluding hydrogens is 370 g/mol. The van der Waals surface area contributed by atoms with E-state index in [0.717, 1.165) is 39.3 Å². The van der Waals surface area contributed by atoms with E-state index in [1.54, 1.807) is 18.0 Å². The highest BCUT2D eigenvalue weighted by molar-refractivity contribution is 7.98. The Kier molecular flexibility index (Phi) is 3.52. The van der Waals surface area contributed by atoms with Gasteiger partial charge in [0.15, 0.2) is 11.0 Å². The number of H-pyrrole nitrogens is 1. The van der Waals surface area contributed by atoms with Crippen molar-refractivity contribution in [2.45, 2.75) is 29.8 Å². The van der Waals surface area contributed by atoms with Crippen LogP contribution in [-0.4, -0.2) is 34.1 Å². The Morgan fingerprint density at radius 1 is 1.14 bits per heavy atom. The van der Waals surface area contributed by atoms with E-state index in [0.29, 0.717) is 6.04 Å². The van der Waals surface area contributed by atoms with Gasteiger partial charge >= 0.3 is 0 Å². The van der Waals surface area contributed by atoms with Crippen LogP contribution in [0.2, 0.25) is 0 Å². The Morgan fingerprint density at radius 3 is 2.96 bits per heavy atom. The van der Waals surface area contributed by atoms with Crippen LogP contribution in [-0.2, 0) is 5.75 Å². The lowest BCUT2D eigenvalue weighted by molar-refractivity contribution is 0.669. The fourth-order valence-electron chi connectivity index (χ4n) is 3.57. The van der Waals surface area contributed by atoms with E-state index in [9.17, 15) is 0 Å². The normalized spacial score (nSPS) is 14.3.